The van der Waals surface area contributed by atoms with Gasteiger partial charge in [0.05, 0.1) is 25.8 Å². The van der Waals surface area contributed by atoms with Gasteiger partial charge in [0.25, 0.3) is 0 Å². The van der Waals surface area contributed by atoms with Crippen LogP contribution >= 0.6 is 0 Å². The van der Waals surface area contributed by atoms with E-state index in [1.165, 1.54) is 0 Å². The Morgan fingerprint density at radius 2 is 1.73 bits per heavy atom. The fourth-order valence-corrected chi connectivity index (χ4v) is 2.90. The molecule has 0 radical (unpaired) electrons. The van der Waals surface area contributed by atoms with E-state index < -0.39 is 51.6 Å². The third kappa shape index (κ3) is 2.79. The molecule has 122 valence electrons. The highest BCUT2D eigenvalue weighted by Gasteiger charge is 2.52. The zero-order chi connectivity index (χ0) is 18.5. The van der Waals surface area contributed by atoms with E-state index in [9.17, 15) is 13.0 Å². The molecule has 8 heteroatoms. The Balaban J connectivity index is 2.48. The largest absolute Gasteiger partial charge is 0.497 e. The van der Waals surface area contributed by atoms with Gasteiger partial charge in [0.1, 0.15) is 11.6 Å². The predicted molar refractivity (Wildman–Crippen MR) is 82.8 cm³/mol. The molecule has 1 aliphatic rings. The normalized spacial score (nSPS) is 23.9. The van der Waals surface area contributed by atoms with Gasteiger partial charge in [0.15, 0.2) is 0 Å². The molecule has 1 unspecified atom stereocenters. The summed E-state index contributed by atoms with van der Waals surface area (Å²) in [5.74, 6) is -1.79. The molecule has 0 bridgehead atoms. The van der Waals surface area contributed by atoms with Gasteiger partial charge in [-0.3, -0.25) is 0 Å². The smallest absolute Gasteiger partial charge is 0.399 e. The van der Waals surface area contributed by atoms with E-state index >= 15 is 0 Å². The number of hydrogen-bond donors (Lipinski definition) is 0. The van der Waals surface area contributed by atoms with Crippen LogP contribution in [0.3, 0.4) is 0 Å². The Morgan fingerprint density at radius 1 is 1.18 bits per heavy atom. The van der Waals surface area contributed by atoms with Gasteiger partial charge >= 0.3 is 7.12 Å². The molecule has 1 heterocycles. The van der Waals surface area contributed by atoms with Crippen LogP contribution in [0.25, 0.3) is 0 Å². The summed E-state index contributed by atoms with van der Waals surface area (Å²) in [4.78, 5) is -0.482. The van der Waals surface area contributed by atoms with Gasteiger partial charge in [-0.1, -0.05) is 0 Å². The van der Waals surface area contributed by atoms with E-state index in [0.29, 0.717) is 0 Å². The van der Waals surface area contributed by atoms with Crippen molar-refractivity contribution in [1.82, 2.24) is 0 Å². The maximum absolute atomic E-state index is 14.5. The lowest BCUT2D eigenvalue weighted by Gasteiger charge is -2.32. The second-order valence-corrected chi connectivity index (χ2v) is 8.56. The van der Waals surface area contributed by atoms with Crippen molar-refractivity contribution in [3.05, 3.63) is 23.8 Å². The van der Waals surface area contributed by atoms with Crippen LogP contribution in [0.5, 0.6) is 0 Å². The molecule has 0 amide bonds. The van der Waals surface area contributed by atoms with Crippen LogP contribution in [-0.2, 0) is 19.0 Å². The van der Waals surface area contributed by atoms with Gasteiger partial charge in [0.2, 0.25) is 0 Å². The van der Waals surface area contributed by atoms with Gasteiger partial charge in [-0.15, -0.1) is 0 Å². The van der Waals surface area contributed by atoms with E-state index in [1.54, 1.807) is 27.7 Å². The fraction of sp³-hybridized carbons (Fsp3) is 0.571. The second kappa shape index (κ2) is 5.28. The fourth-order valence-electron chi connectivity index (χ4n) is 2.04. The summed E-state index contributed by atoms with van der Waals surface area (Å²) in [5, 5.41) is 0. The molecule has 0 aromatic heterocycles. The maximum atomic E-state index is 14.5. The highest BCUT2D eigenvalue weighted by atomic mass is 32.2. The summed E-state index contributed by atoms with van der Waals surface area (Å²) in [6.45, 7) is 5.39. The number of halogens is 2. The summed E-state index contributed by atoms with van der Waals surface area (Å²) < 4.78 is 70.0. The van der Waals surface area contributed by atoms with Crippen molar-refractivity contribution in [2.45, 2.75) is 43.8 Å². The first-order chi connectivity index (χ1) is 10.8. The molecule has 1 aromatic rings. The molecule has 0 saturated carbocycles. The molecule has 4 nitrogen and oxygen atoms in total. The third-order valence-corrected chi connectivity index (χ3v) is 5.70. The van der Waals surface area contributed by atoms with Crippen LogP contribution in [0.15, 0.2) is 21.4 Å². The molecule has 0 spiro atoms. The Kier molecular flexibility index (Phi) is 3.50. The van der Waals surface area contributed by atoms with Crippen molar-refractivity contribution in [3.63, 3.8) is 0 Å². The SMILES string of the molecule is [2H]C([2H])N=S(C)(=O)c1cc(F)c(B2OC(C)(C)C(C)(C)O2)cc1F. The first kappa shape index (κ1) is 14.6. The number of hydrogen-bond acceptors (Lipinski definition) is 4. The second-order valence-electron chi connectivity index (χ2n) is 6.30. The quantitative estimate of drug-likeness (QED) is 0.781. The van der Waals surface area contributed by atoms with Crippen LogP contribution in [0, 0.1) is 11.6 Å². The Hall–Kier alpha value is -0.985. The van der Waals surface area contributed by atoms with Crippen molar-refractivity contribution in [3.8, 4) is 0 Å². The average Bonchev–Trinajstić information content (AvgIpc) is 2.59. The molecule has 0 N–H and O–H groups in total. The highest BCUT2D eigenvalue weighted by molar-refractivity contribution is 7.93. The number of nitrogens with zero attached hydrogens (tertiary/aromatic N) is 1. The summed E-state index contributed by atoms with van der Waals surface area (Å²) in [6.07, 6.45) is 1.06. The lowest BCUT2D eigenvalue weighted by molar-refractivity contribution is 0.00578. The van der Waals surface area contributed by atoms with Gasteiger partial charge in [-0.25, -0.2) is 17.4 Å². The molecule has 1 atom stereocenters. The van der Waals surface area contributed by atoms with Crippen LogP contribution in [0.2, 0.25) is 0 Å². The van der Waals surface area contributed by atoms with Gasteiger partial charge in [-0.05, 0) is 39.8 Å². The highest BCUT2D eigenvalue weighted by Crippen LogP contribution is 2.36. The van der Waals surface area contributed by atoms with Crippen molar-refractivity contribution >= 4 is 22.3 Å². The van der Waals surface area contributed by atoms with Gasteiger partial charge in [-0.2, -0.15) is 0 Å². The van der Waals surface area contributed by atoms with E-state index in [4.69, 9.17) is 12.1 Å². The zero-order valence-electron chi connectivity index (χ0n) is 15.1. The van der Waals surface area contributed by atoms with Crippen LogP contribution in [0.4, 0.5) is 8.78 Å². The predicted octanol–water partition coefficient (Wildman–Crippen LogP) is 2.35. The Labute approximate surface area is 133 Å². The number of benzene rings is 1. The standard InChI is InChI=1S/C14H20BF2NO3S/c1-13(2)14(3,4)21-15(20-13)9-7-11(17)12(8-10(9)16)22(6,19)18-5/h7-8H,1-6H3/i5D2. The lowest BCUT2D eigenvalue weighted by atomic mass is 9.78. The van der Waals surface area contributed by atoms with Crippen molar-refractivity contribution in [1.29, 1.82) is 0 Å². The average molecular weight is 333 g/mol. The summed E-state index contributed by atoms with van der Waals surface area (Å²) in [5.41, 5.74) is -1.56. The first-order valence-corrected chi connectivity index (χ1v) is 8.59. The molecular formula is C14H20BF2NO3S. The van der Waals surface area contributed by atoms with E-state index in [2.05, 4.69) is 4.36 Å². The van der Waals surface area contributed by atoms with Crippen LogP contribution < -0.4 is 5.46 Å². The first-order valence-electron chi connectivity index (χ1n) is 7.83. The minimum Gasteiger partial charge on any atom is -0.399 e. The Bertz CT molecular complexity index is 764. The van der Waals surface area contributed by atoms with Crippen LogP contribution in [-0.4, -0.2) is 35.8 Å². The molecule has 1 fully saturated rings. The van der Waals surface area contributed by atoms with Crippen LogP contribution in [0.1, 0.15) is 30.4 Å². The van der Waals surface area contributed by atoms with Crippen molar-refractivity contribution in [2.75, 3.05) is 13.3 Å². The summed E-state index contributed by atoms with van der Waals surface area (Å²) >= 11 is 0. The Morgan fingerprint density at radius 3 is 2.23 bits per heavy atom. The molecule has 22 heavy (non-hydrogen) atoms. The molecule has 1 saturated heterocycles. The third-order valence-electron chi connectivity index (χ3n) is 4.17. The zero-order valence-corrected chi connectivity index (χ0v) is 14.0. The van der Waals surface area contributed by atoms with E-state index in [-0.39, 0.29) is 5.46 Å². The number of rotatable bonds is 2. The lowest BCUT2D eigenvalue weighted by Crippen LogP contribution is -2.41. The monoisotopic (exact) mass is 333 g/mol. The molecular weight excluding hydrogens is 311 g/mol. The van der Waals surface area contributed by atoms with Gasteiger partial charge in [0, 0.05) is 21.5 Å². The molecule has 2 rings (SSSR count). The summed E-state index contributed by atoms with van der Waals surface area (Å²) in [6, 6.07) is 1.64. The topological polar surface area (TPSA) is 47.9 Å². The molecule has 1 aliphatic heterocycles. The summed E-state index contributed by atoms with van der Waals surface area (Å²) in [7, 11) is -4.49. The maximum Gasteiger partial charge on any atom is 0.497 e. The minimum absolute atomic E-state index is 0.140. The van der Waals surface area contributed by atoms with E-state index in [1.807, 2.05) is 0 Å². The van der Waals surface area contributed by atoms with Crippen molar-refractivity contribution < 1.29 is 25.0 Å². The molecule has 0 aliphatic carbocycles. The molecule has 1 aromatic carbocycles. The minimum atomic E-state index is -3.40. The van der Waals surface area contributed by atoms with Gasteiger partial charge < -0.3 is 9.31 Å². The van der Waals surface area contributed by atoms with Crippen molar-refractivity contribution in [2.24, 2.45) is 4.36 Å². The van der Waals surface area contributed by atoms with E-state index in [0.717, 1.165) is 18.4 Å².